The van der Waals surface area contributed by atoms with Crippen LogP contribution in [-0.2, 0) is 4.79 Å². The predicted molar refractivity (Wildman–Crippen MR) is 65.5 cm³/mol. The summed E-state index contributed by atoms with van der Waals surface area (Å²) in [6.07, 6.45) is 6.97. The summed E-state index contributed by atoms with van der Waals surface area (Å²) in [5.74, 6) is 2.29. The molecular formula is C13H20N2O3. The van der Waals surface area contributed by atoms with Gasteiger partial charge in [0.1, 0.15) is 0 Å². The van der Waals surface area contributed by atoms with E-state index in [2.05, 4.69) is 5.32 Å². The summed E-state index contributed by atoms with van der Waals surface area (Å²) in [4.78, 5) is 22.3. The molecule has 0 saturated heterocycles. The number of carbonyl (C=O) groups excluding carboxylic acids is 1. The Morgan fingerprint density at radius 2 is 1.67 bits per heavy atom. The van der Waals surface area contributed by atoms with Crippen LogP contribution in [0.25, 0.3) is 0 Å². The van der Waals surface area contributed by atoms with Crippen molar-refractivity contribution in [3.05, 3.63) is 10.1 Å². The minimum atomic E-state index is -0.375. The Balaban J connectivity index is 1.64. The lowest BCUT2D eigenvalue weighted by molar-refractivity contribution is -0.477. The van der Waals surface area contributed by atoms with E-state index >= 15 is 0 Å². The van der Waals surface area contributed by atoms with Gasteiger partial charge in [0.25, 0.3) is 0 Å². The molecular weight excluding hydrogens is 232 g/mol. The molecule has 5 heteroatoms. The molecule has 4 rings (SSSR count). The molecule has 4 aliphatic rings. The molecule has 4 bridgehead atoms. The van der Waals surface area contributed by atoms with E-state index in [1.807, 2.05) is 0 Å². The summed E-state index contributed by atoms with van der Waals surface area (Å²) in [6.45, 7) is 0.00564. The molecule has 0 radical (unpaired) electrons. The molecule has 0 aliphatic heterocycles. The van der Waals surface area contributed by atoms with Crippen LogP contribution in [0.2, 0.25) is 0 Å². The second kappa shape index (κ2) is 4.21. The van der Waals surface area contributed by atoms with E-state index in [0.717, 1.165) is 37.0 Å². The first-order valence-electron chi connectivity index (χ1n) is 6.97. The summed E-state index contributed by atoms with van der Waals surface area (Å²) in [6, 6.07) is 0. The highest BCUT2D eigenvalue weighted by Crippen LogP contribution is 2.60. The molecule has 1 N–H and O–H groups in total. The third kappa shape index (κ3) is 1.99. The topological polar surface area (TPSA) is 72.2 Å². The first kappa shape index (κ1) is 11.9. The van der Waals surface area contributed by atoms with E-state index in [-0.39, 0.29) is 29.3 Å². The zero-order valence-corrected chi connectivity index (χ0v) is 10.6. The van der Waals surface area contributed by atoms with Crippen LogP contribution >= 0.6 is 0 Å². The van der Waals surface area contributed by atoms with E-state index in [0.29, 0.717) is 0 Å². The molecule has 0 aromatic carbocycles. The van der Waals surface area contributed by atoms with Crippen molar-refractivity contribution >= 4 is 5.91 Å². The van der Waals surface area contributed by atoms with Gasteiger partial charge in [-0.2, -0.15) is 0 Å². The van der Waals surface area contributed by atoms with Gasteiger partial charge in [-0.05, 0) is 56.3 Å². The fourth-order valence-electron chi connectivity index (χ4n) is 4.84. The number of rotatable bonds is 4. The van der Waals surface area contributed by atoms with Crippen LogP contribution in [0.15, 0.2) is 0 Å². The third-order valence-electron chi connectivity index (χ3n) is 5.10. The molecule has 18 heavy (non-hydrogen) atoms. The lowest BCUT2D eigenvalue weighted by Gasteiger charge is -2.55. The number of amides is 1. The van der Waals surface area contributed by atoms with Crippen molar-refractivity contribution < 1.29 is 9.72 Å². The SMILES string of the molecule is O=C(NCC[N+](=O)[O-])C12CC3CC(CC(C3)C1)C2. The van der Waals surface area contributed by atoms with Crippen molar-refractivity contribution in [2.75, 3.05) is 13.1 Å². The number of nitrogens with zero attached hydrogens (tertiary/aromatic N) is 1. The van der Waals surface area contributed by atoms with E-state index in [1.165, 1.54) is 19.3 Å². The molecule has 0 aromatic rings. The minimum absolute atomic E-state index is 0.0865. The number of hydrogen-bond donors (Lipinski definition) is 1. The smallest absolute Gasteiger partial charge is 0.226 e. The van der Waals surface area contributed by atoms with Gasteiger partial charge < -0.3 is 5.32 Å². The third-order valence-corrected chi connectivity index (χ3v) is 5.10. The van der Waals surface area contributed by atoms with Gasteiger partial charge in [0.05, 0.1) is 6.54 Å². The highest BCUT2D eigenvalue weighted by molar-refractivity contribution is 5.83. The Morgan fingerprint density at radius 3 is 2.11 bits per heavy atom. The Labute approximate surface area is 106 Å². The maximum Gasteiger partial charge on any atom is 0.226 e. The number of carbonyl (C=O) groups is 1. The molecule has 0 spiro atoms. The lowest BCUT2D eigenvalue weighted by Crippen LogP contribution is -2.54. The fraction of sp³-hybridized carbons (Fsp3) is 0.923. The number of nitro groups is 1. The molecule has 1 amide bonds. The van der Waals surface area contributed by atoms with Crippen LogP contribution in [-0.4, -0.2) is 23.9 Å². The van der Waals surface area contributed by atoms with Crippen LogP contribution in [0, 0.1) is 33.3 Å². The van der Waals surface area contributed by atoms with Crippen LogP contribution < -0.4 is 5.32 Å². The zero-order valence-electron chi connectivity index (χ0n) is 10.6. The molecule has 4 saturated carbocycles. The van der Waals surface area contributed by atoms with Gasteiger partial charge >= 0.3 is 0 Å². The summed E-state index contributed by atoms with van der Waals surface area (Å²) in [5, 5.41) is 13.1. The maximum atomic E-state index is 12.3. The molecule has 0 atom stereocenters. The molecule has 0 aromatic heterocycles. The normalized spacial score (nSPS) is 40.8. The first-order valence-corrected chi connectivity index (χ1v) is 6.97. The van der Waals surface area contributed by atoms with Gasteiger partial charge in [-0.25, -0.2) is 0 Å². The van der Waals surface area contributed by atoms with Gasteiger partial charge in [-0.15, -0.1) is 0 Å². The van der Waals surface area contributed by atoms with Crippen molar-refractivity contribution in [3.63, 3.8) is 0 Å². The maximum absolute atomic E-state index is 12.3. The van der Waals surface area contributed by atoms with Gasteiger partial charge in [0, 0.05) is 10.3 Å². The quantitative estimate of drug-likeness (QED) is 0.610. The Bertz CT molecular complexity index is 345. The first-order chi connectivity index (χ1) is 8.57. The van der Waals surface area contributed by atoms with Crippen LogP contribution in [0.4, 0.5) is 0 Å². The van der Waals surface area contributed by atoms with Crippen molar-refractivity contribution in [3.8, 4) is 0 Å². The fourth-order valence-corrected chi connectivity index (χ4v) is 4.84. The summed E-state index contributed by atoms with van der Waals surface area (Å²) in [7, 11) is 0. The molecule has 100 valence electrons. The van der Waals surface area contributed by atoms with E-state index in [1.54, 1.807) is 0 Å². The monoisotopic (exact) mass is 252 g/mol. The van der Waals surface area contributed by atoms with Gasteiger partial charge in [-0.3, -0.25) is 14.9 Å². The Kier molecular flexibility index (Phi) is 2.79. The minimum Gasteiger partial charge on any atom is -0.349 e. The Morgan fingerprint density at radius 1 is 1.17 bits per heavy atom. The van der Waals surface area contributed by atoms with Crippen LogP contribution in [0.5, 0.6) is 0 Å². The summed E-state index contributed by atoms with van der Waals surface area (Å²) in [5.41, 5.74) is -0.175. The number of hydrogen-bond acceptors (Lipinski definition) is 3. The van der Waals surface area contributed by atoms with Gasteiger partial charge in [-0.1, -0.05) is 0 Å². The van der Waals surface area contributed by atoms with Crippen LogP contribution in [0.3, 0.4) is 0 Å². The molecule has 4 fully saturated rings. The average molecular weight is 252 g/mol. The highest BCUT2D eigenvalue weighted by Gasteiger charge is 2.54. The average Bonchev–Trinajstić information content (AvgIpc) is 2.26. The largest absolute Gasteiger partial charge is 0.349 e. The van der Waals surface area contributed by atoms with Crippen molar-refractivity contribution in [1.29, 1.82) is 0 Å². The van der Waals surface area contributed by atoms with E-state index in [4.69, 9.17) is 0 Å². The predicted octanol–water partition coefficient (Wildman–Crippen LogP) is 1.60. The summed E-state index contributed by atoms with van der Waals surface area (Å²) < 4.78 is 0. The van der Waals surface area contributed by atoms with Crippen molar-refractivity contribution in [2.45, 2.75) is 38.5 Å². The van der Waals surface area contributed by atoms with Crippen molar-refractivity contribution in [2.24, 2.45) is 23.2 Å². The Hall–Kier alpha value is -1.13. The number of nitrogens with one attached hydrogen (secondary N) is 1. The molecule has 0 heterocycles. The van der Waals surface area contributed by atoms with Gasteiger partial charge in [0.15, 0.2) is 0 Å². The molecule has 4 aliphatic carbocycles. The van der Waals surface area contributed by atoms with Gasteiger partial charge in [0.2, 0.25) is 12.5 Å². The highest BCUT2D eigenvalue weighted by atomic mass is 16.6. The van der Waals surface area contributed by atoms with Crippen molar-refractivity contribution in [1.82, 2.24) is 5.32 Å². The van der Waals surface area contributed by atoms with Crippen LogP contribution in [0.1, 0.15) is 38.5 Å². The second-order valence-corrected chi connectivity index (χ2v) is 6.51. The molecule has 5 nitrogen and oxygen atoms in total. The summed E-state index contributed by atoms with van der Waals surface area (Å²) >= 11 is 0. The standard InChI is InChI=1S/C13H20N2O3/c16-12(14-1-2-15(17)18)13-6-9-3-10(7-13)5-11(4-9)8-13/h9-11H,1-8H2,(H,14,16). The van der Waals surface area contributed by atoms with E-state index < -0.39 is 0 Å². The zero-order chi connectivity index (χ0) is 12.8. The molecule has 0 unspecified atom stereocenters. The second-order valence-electron chi connectivity index (χ2n) is 6.51. The van der Waals surface area contributed by atoms with E-state index in [9.17, 15) is 14.9 Å². The lowest BCUT2D eigenvalue weighted by atomic mass is 9.49.